The molecule has 6 nitrogen and oxygen atoms in total. The van der Waals surface area contributed by atoms with Crippen molar-refractivity contribution in [2.45, 2.75) is 6.04 Å². The first-order valence-electron chi connectivity index (χ1n) is 6.40. The van der Waals surface area contributed by atoms with Crippen LogP contribution >= 0.6 is 23.2 Å². The summed E-state index contributed by atoms with van der Waals surface area (Å²) < 4.78 is 23.1. The minimum Gasteiger partial charge on any atom is -0.314 e. The molecule has 9 heteroatoms. The topological polar surface area (TPSA) is 74.8 Å². The second-order valence-electron chi connectivity index (χ2n) is 4.75. The molecule has 0 radical (unpaired) electrons. The van der Waals surface area contributed by atoms with Crippen molar-refractivity contribution in [1.82, 2.24) is 9.80 Å². The fourth-order valence-corrected chi connectivity index (χ4v) is 3.78. The summed E-state index contributed by atoms with van der Waals surface area (Å²) in [6.45, 7) is 0.257. The fourth-order valence-electron chi connectivity index (χ4n) is 2.23. The average molecular weight is 365 g/mol. The van der Waals surface area contributed by atoms with Crippen molar-refractivity contribution in [2.24, 2.45) is 0 Å². The zero-order chi connectivity index (χ0) is 16.3. The van der Waals surface area contributed by atoms with Crippen LogP contribution in [0.15, 0.2) is 35.5 Å². The first kappa shape index (κ1) is 17.1. The van der Waals surface area contributed by atoms with E-state index in [9.17, 15) is 18.0 Å². The smallest absolute Gasteiger partial charge is 0.242 e. The van der Waals surface area contributed by atoms with Crippen LogP contribution in [0, 0.1) is 0 Å². The molecule has 120 valence electrons. The average Bonchev–Trinajstić information content (AvgIpc) is 2.87. The Morgan fingerprint density at radius 1 is 1.32 bits per heavy atom. The lowest BCUT2D eigenvalue weighted by Crippen LogP contribution is -2.42. The standard InChI is InChI=1S/C13H14Cl2N2O4S/c14-7-12(18)16-4-1-10(2-5-16)17(13(19)8-15)11-3-6-22(20,21)9-11/h1-4,6,11H,5,7-9H2. The van der Waals surface area contributed by atoms with Gasteiger partial charge in [-0.15, -0.1) is 23.2 Å². The van der Waals surface area contributed by atoms with Gasteiger partial charge in [-0.2, -0.15) is 0 Å². The molecule has 0 saturated heterocycles. The number of allylic oxidation sites excluding steroid dienone is 1. The summed E-state index contributed by atoms with van der Waals surface area (Å²) in [5.41, 5.74) is 0.510. The molecule has 0 fully saturated rings. The van der Waals surface area contributed by atoms with E-state index in [1.54, 1.807) is 12.2 Å². The maximum absolute atomic E-state index is 12.1. The van der Waals surface area contributed by atoms with E-state index in [-0.39, 0.29) is 30.0 Å². The molecule has 0 N–H and O–H groups in total. The largest absolute Gasteiger partial charge is 0.314 e. The highest BCUT2D eigenvalue weighted by atomic mass is 35.5. The molecular formula is C13H14Cl2N2O4S. The number of rotatable bonds is 4. The Morgan fingerprint density at radius 3 is 2.50 bits per heavy atom. The number of hydrogen-bond acceptors (Lipinski definition) is 4. The van der Waals surface area contributed by atoms with Crippen molar-refractivity contribution in [3.8, 4) is 0 Å². The van der Waals surface area contributed by atoms with Crippen molar-refractivity contribution in [3.63, 3.8) is 0 Å². The lowest BCUT2D eigenvalue weighted by Gasteiger charge is -2.30. The number of nitrogens with zero attached hydrogens (tertiary/aromatic N) is 2. The molecule has 0 aromatic rings. The van der Waals surface area contributed by atoms with Gasteiger partial charge in [0.05, 0.1) is 11.8 Å². The van der Waals surface area contributed by atoms with E-state index in [4.69, 9.17) is 23.2 Å². The SMILES string of the molecule is O=C(CCl)N1C=CC(N(C(=O)CCl)C2C=CS(=O)(=O)C2)=CC1. The molecule has 1 unspecified atom stereocenters. The molecule has 0 spiro atoms. The first-order valence-corrected chi connectivity index (χ1v) is 9.19. The molecule has 2 aliphatic rings. The first-order chi connectivity index (χ1) is 10.4. The molecule has 2 aliphatic heterocycles. The molecule has 2 rings (SSSR count). The maximum atomic E-state index is 12.1. The predicted octanol–water partition coefficient (Wildman–Crippen LogP) is 0.843. The monoisotopic (exact) mass is 364 g/mol. The van der Waals surface area contributed by atoms with Gasteiger partial charge >= 0.3 is 0 Å². The van der Waals surface area contributed by atoms with Crippen molar-refractivity contribution in [1.29, 1.82) is 0 Å². The lowest BCUT2D eigenvalue weighted by molar-refractivity contribution is -0.127. The summed E-state index contributed by atoms with van der Waals surface area (Å²) in [5.74, 6) is -1.24. The Hall–Kier alpha value is -1.31. The van der Waals surface area contributed by atoms with Gasteiger partial charge in [0.2, 0.25) is 11.8 Å². The van der Waals surface area contributed by atoms with Crippen LogP contribution in [0.4, 0.5) is 0 Å². The van der Waals surface area contributed by atoms with Gasteiger partial charge in [-0.25, -0.2) is 8.42 Å². The second-order valence-corrected chi connectivity index (χ2v) is 7.21. The normalized spacial score (nSPS) is 22.5. The summed E-state index contributed by atoms with van der Waals surface area (Å²) in [5, 5.41) is 1.10. The summed E-state index contributed by atoms with van der Waals surface area (Å²) in [6, 6.07) is -0.595. The van der Waals surface area contributed by atoms with Crippen LogP contribution in [0.3, 0.4) is 0 Å². The Kier molecular flexibility index (Phi) is 5.31. The van der Waals surface area contributed by atoms with E-state index < -0.39 is 21.8 Å². The van der Waals surface area contributed by atoms with Gasteiger partial charge in [-0.05, 0) is 18.2 Å². The summed E-state index contributed by atoms with van der Waals surface area (Å²) in [7, 11) is -3.30. The number of hydrogen-bond donors (Lipinski definition) is 0. The number of alkyl halides is 2. The third-order valence-corrected chi connectivity index (χ3v) is 5.10. The zero-order valence-electron chi connectivity index (χ0n) is 11.5. The Morgan fingerprint density at radius 2 is 2.05 bits per heavy atom. The van der Waals surface area contributed by atoms with Gasteiger partial charge in [-0.1, -0.05) is 0 Å². The molecule has 0 aliphatic carbocycles. The minimum absolute atomic E-state index is 0.137. The molecule has 1 atom stereocenters. The number of halogens is 2. The van der Waals surface area contributed by atoms with Crippen LogP contribution in [0.1, 0.15) is 0 Å². The van der Waals surface area contributed by atoms with Gasteiger partial charge in [0, 0.05) is 23.8 Å². The highest BCUT2D eigenvalue weighted by molar-refractivity contribution is 7.94. The van der Waals surface area contributed by atoms with E-state index in [1.165, 1.54) is 22.1 Å². The third-order valence-electron chi connectivity index (χ3n) is 3.26. The van der Waals surface area contributed by atoms with Crippen LogP contribution in [-0.4, -0.2) is 60.1 Å². The van der Waals surface area contributed by atoms with E-state index in [0.29, 0.717) is 5.70 Å². The van der Waals surface area contributed by atoms with Crippen molar-refractivity contribution >= 4 is 44.9 Å². The zero-order valence-corrected chi connectivity index (χ0v) is 13.8. The van der Waals surface area contributed by atoms with Gasteiger partial charge < -0.3 is 9.80 Å². The summed E-state index contributed by atoms with van der Waals surface area (Å²) in [6.07, 6.45) is 6.21. The van der Waals surface area contributed by atoms with Crippen molar-refractivity contribution in [2.75, 3.05) is 24.1 Å². The molecule has 0 aromatic heterocycles. The summed E-state index contributed by atoms with van der Waals surface area (Å²) in [4.78, 5) is 26.3. The van der Waals surface area contributed by atoms with Gasteiger partial charge in [0.25, 0.3) is 0 Å². The number of carbonyl (C=O) groups is 2. The molecule has 0 bridgehead atoms. The second kappa shape index (κ2) is 6.85. The predicted molar refractivity (Wildman–Crippen MR) is 83.9 cm³/mol. The number of amides is 2. The maximum Gasteiger partial charge on any atom is 0.242 e. The molecule has 0 aromatic carbocycles. The minimum atomic E-state index is -3.30. The van der Waals surface area contributed by atoms with Crippen LogP contribution in [0.25, 0.3) is 0 Å². The third kappa shape index (κ3) is 3.71. The fraction of sp³-hybridized carbons (Fsp3) is 0.385. The van der Waals surface area contributed by atoms with Crippen LogP contribution in [0.2, 0.25) is 0 Å². The van der Waals surface area contributed by atoms with Crippen molar-refractivity contribution < 1.29 is 18.0 Å². The number of sulfone groups is 1. The van der Waals surface area contributed by atoms with E-state index in [2.05, 4.69) is 0 Å². The van der Waals surface area contributed by atoms with E-state index in [1.807, 2.05) is 0 Å². The van der Waals surface area contributed by atoms with Gasteiger partial charge in [-0.3, -0.25) is 9.59 Å². The molecule has 2 amide bonds. The molecular weight excluding hydrogens is 351 g/mol. The van der Waals surface area contributed by atoms with Crippen LogP contribution < -0.4 is 0 Å². The van der Waals surface area contributed by atoms with E-state index in [0.717, 1.165) is 5.41 Å². The molecule has 22 heavy (non-hydrogen) atoms. The quantitative estimate of drug-likeness (QED) is 0.692. The highest BCUT2D eigenvalue weighted by Gasteiger charge is 2.32. The lowest BCUT2D eigenvalue weighted by atomic mass is 10.2. The highest BCUT2D eigenvalue weighted by Crippen LogP contribution is 2.22. The van der Waals surface area contributed by atoms with Crippen LogP contribution in [0.5, 0.6) is 0 Å². The Labute approximate surface area is 138 Å². The molecule has 0 saturated carbocycles. The number of carbonyl (C=O) groups excluding carboxylic acids is 2. The Balaban J connectivity index is 2.21. The van der Waals surface area contributed by atoms with E-state index >= 15 is 0 Å². The summed E-state index contributed by atoms with van der Waals surface area (Å²) >= 11 is 11.1. The van der Waals surface area contributed by atoms with Crippen LogP contribution in [-0.2, 0) is 19.4 Å². The Bertz CT molecular complexity index is 670. The molecule has 2 heterocycles. The van der Waals surface area contributed by atoms with Gasteiger partial charge in [0.1, 0.15) is 11.8 Å². The van der Waals surface area contributed by atoms with Crippen molar-refractivity contribution in [3.05, 3.63) is 35.5 Å². The van der Waals surface area contributed by atoms with Gasteiger partial charge in [0.15, 0.2) is 9.84 Å².